The summed E-state index contributed by atoms with van der Waals surface area (Å²) in [6.07, 6.45) is 7.28. The normalized spacial score (nSPS) is 37.9. The minimum Gasteiger partial charge on any atom is -0.462 e. The van der Waals surface area contributed by atoms with Crippen LogP contribution in [0.5, 0.6) is 0 Å². The Morgan fingerprint density at radius 1 is 1.05 bits per heavy atom. The van der Waals surface area contributed by atoms with Crippen LogP contribution in [0.15, 0.2) is 30.3 Å². The molecule has 3 aliphatic rings. The number of carbonyl (C=O) groups is 1. The highest BCUT2D eigenvalue weighted by atomic mass is 16.5. The third-order valence-corrected chi connectivity index (χ3v) is 5.84. The van der Waals surface area contributed by atoms with Crippen LogP contribution < -0.4 is 0 Å². The van der Waals surface area contributed by atoms with Crippen LogP contribution in [-0.2, 0) is 16.0 Å². The molecule has 0 N–H and O–H groups in total. The Morgan fingerprint density at radius 3 is 2.70 bits per heavy atom. The lowest BCUT2D eigenvalue weighted by molar-refractivity contribution is -0.152. The van der Waals surface area contributed by atoms with Crippen molar-refractivity contribution in [1.82, 2.24) is 0 Å². The second kappa shape index (κ2) is 4.91. The average molecular weight is 270 g/mol. The van der Waals surface area contributed by atoms with Crippen LogP contribution in [-0.4, -0.2) is 12.1 Å². The summed E-state index contributed by atoms with van der Waals surface area (Å²) in [7, 11) is 0. The van der Waals surface area contributed by atoms with Crippen molar-refractivity contribution in [2.45, 2.75) is 44.6 Å². The van der Waals surface area contributed by atoms with E-state index in [0.717, 1.165) is 29.7 Å². The van der Waals surface area contributed by atoms with Crippen molar-refractivity contribution in [3.05, 3.63) is 35.9 Å². The zero-order chi connectivity index (χ0) is 13.5. The second-order valence-electron chi connectivity index (χ2n) is 6.84. The van der Waals surface area contributed by atoms with E-state index in [-0.39, 0.29) is 12.1 Å². The van der Waals surface area contributed by atoms with Gasteiger partial charge >= 0.3 is 5.97 Å². The first-order chi connectivity index (χ1) is 9.81. The molecule has 0 aromatic heterocycles. The Labute approximate surface area is 120 Å². The number of ether oxygens (including phenoxy) is 1. The third-order valence-electron chi connectivity index (χ3n) is 5.84. The number of fused-ring (bicyclic) bond motifs is 5. The summed E-state index contributed by atoms with van der Waals surface area (Å²) in [6, 6.07) is 9.92. The number of carbonyl (C=O) groups excluding carboxylic acids is 1. The summed E-state index contributed by atoms with van der Waals surface area (Å²) >= 11 is 0. The lowest BCUT2D eigenvalue weighted by atomic mass is 9.80. The van der Waals surface area contributed by atoms with E-state index >= 15 is 0 Å². The predicted molar refractivity (Wildman–Crippen MR) is 77.1 cm³/mol. The highest BCUT2D eigenvalue weighted by Gasteiger charge is 2.55. The Hall–Kier alpha value is -1.31. The fraction of sp³-hybridized carbons (Fsp3) is 0.611. The topological polar surface area (TPSA) is 26.3 Å². The van der Waals surface area contributed by atoms with Crippen molar-refractivity contribution in [3.8, 4) is 0 Å². The smallest absolute Gasteiger partial charge is 0.310 e. The lowest BCUT2D eigenvalue weighted by Gasteiger charge is -2.31. The van der Waals surface area contributed by atoms with Crippen LogP contribution in [0.4, 0.5) is 0 Å². The Kier molecular flexibility index (Phi) is 3.05. The highest BCUT2D eigenvalue weighted by Crippen LogP contribution is 2.59. The molecule has 106 valence electrons. The fourth-order valence-electron chi connectivity index (χ4n) is 5.11. The molecule has 0 heterocycles. The third kappa shape index (κ3) is 2.06. The number of hydrogen-bond acceptors (Lipinski definition) is 2. The molecule has 2 nitrogen and oxygen atoms in total. The Balaban J connectivity index is 1.37. The summed E-state index contributed by atoms with van der Waals surface area (Å²) in [5.41, 5.74) is 1.05. The first-order valence-electron chi connectivity index (χ1n) is 8.04. The van der Waals surface area contributed by atoms with E-state index < -0.39 is 0 Å². The quantitative estimate of drug-likeness (QED) is 0.784. The molecule has 0 aliphatic heterocycles. The van der Waals surface area contributed by atoms with Gasteiger partial charge in [-0.05, 0) is 54.9 Å². The molecule has 0 spiro atoms. The molecular formula is C18H22O2. The first kappa shape index (κ1) is 12.4. The van der Waals surface area contributed by atoms with Gasteiger partial charge in [0, 0.05) is 0 Å². The van der Waals surface area contributed by atoms with Crippen molar-refractivity contribution in [2.24, 2.45) is 23.7 Å². The van der Waals surface area contributed by atoms with E-state index in [4.69, 9.17) is 4.74 Å². The van der Waals surface area contributed by atoms with Gasteiger partial charge in [0.05, 0.1) is 6.42 Å². The predicted octanol–water partition coefficient (Wildman–Crippen LogP) is 3.60. The van der Waals surface area contributed by atoms with Crippen LogP contribution in [0, 0.1) is 23.7 Å². The maximum atomic E-state index is 12.1. The van der Waals surface area contributed by atoms with Crippen LogP contribution in [0.1, 0.15) is 37.7 Å². The fourth-order valence-corrected chi connectivity index (χ4v) is 5.11. The first-order valence-corrected chi connectivity index (χ1v) is 8.04. The minimum atomic E-state index is -0.0386. The molecule has 0 unspecified atom stereocenters. The Bertz CT molecular complexity index is 495. The SMILES string of the molecule is O=C(Cc1ccccc1)O[C@@H]1C[C@H]2C[C@@H]1[C@H]1CCC[C@H]21. The minimum absolute atomic E-state index is 0.0386. The zero-order valence-corrected chi connectivity index (χ0v) is 11.8. The molecule has 1 aromatic rings. The Morgan fingerprint density at radius 2 is 1.85 bits per heavy atom. The number of hydrogen-bond donors (Lipinski definition) is 0. The monoisotopic (exact) mass is 270 g/mol. The molecule has 2 heteroatoms. The maximum absolute atomic E-state index is 12.1. The van der Waals surface area contributed by atoms with E-state index in [0.29, 0.717) is 12.3 Å². The zero-order valence-electron chi connectivity index (χ0n) is 11.8. The van der Waals surface area contributed by atoms with Crippen molar-refractivity contribution in [2.75, 3.05) is 0 Å². The van der Waals surface area contributed by atoms with E-state index in [1.54, 1.807) is 0 Å². The van der Waals surface area contributed by atoms with Crippen LogP contribution in [0.2, 0.25) is 0 Å². The molecule has 1 aromatic carbocycles. The average Bonchev–Trinajstić information content (AvgIpc) is 3.11. The lowest BCUT2D eigenvalue weighted by Crippen LogP contribution is -2.32. The van der Waals surface area contributed by atoms with Crippen molar-refractivity contribution in [3.63, 3.8) is 0 Å². The van der Waals surface area contributed by atoms with Gasteiger partial charge in [0.2, 0.25) is 0 Å². The molecule has 3 fully saturated rings. The van der Waals surface area contributed by atoms with Gasteiger partial charge in [-0.1, -0.05) is 36.8 Å². The van der Waals surface area contributed by atoms with Crippen molar-refractivity contribution < 1.29 is 9.53 Å². The molecule has 2 bridgehead atoms. The molecule has 3 aliphatic carbocycles. The summed E-state index contributed by atoms with van der Waals surface area (Å²) < 4.78 is 5.82. The summed E-state index contributed by atoms with van der Waals surface area (Å²) in [5, 5.41) is 0. The molecule has 0 amide bonds. The van der Waals surface area contributed by atoms with Crippen LogP contribution in [0.25, 0.3) is 0 Å². The van der Waals surface area contributed by atoms with E-state index in [1.807, 2.05) is 30.3 Å². The van der Waals surface area contributed by atoms with Gasteiger partial charge in [0.15, 0.2) is 0 Å². The van der Waals surface area contributed by atoms with Crippen LogP contribution >= 0.6 is 0 Å². The maximum Gasteiger partial charge on any atom is 0.310 e. The molecular weight excluding hydrogens is 248 g/mol. The van der Waals surface area contributed by atoms with Crippen molar-refractivity contribution in [1.29, 1.82) is 0 Å². The van der Waals surface area contributed by atoms with Gasteiger partial charge in [0.25, 0.3) is 0 Å². The molecule has 0 radical (unpaired) electrons. The number of benzene rings is 1. The van der Waals surface area contributed by atoms with Gasteiger partial charge in [0.1, 0.15) is 6.10 Å². The molecule has 4 rings (SSSR count). The summed E-state index contributed by atoms with van der Waals surface area (Å²) in [4.78, 5) is 12.1. The molecule has 0 saturated heterocycles. The second-order valence-corrected chi connectivity index (χ2v) is 6.84. The number of esters is 1. The van der Waals surface area contributed by atoms with Gasteiger partial charge in [-0.3, -0.25) is 4.79 Å². The van der Waals surface area contributed by atoms with Gasteiger partial charge in [-0.25, -0.2) is 0 Å². The summed E-state index contributed by atoms with van der Waals surface area (Å²) in [5.74, 6) is 3.31. The van der Waals surface area contributed by atoms with E-state index in [2.05, 4.69) is 0 Å². The number of rotatable bonds is 3. The standard InChI is InChI=1S/C18H22O2/c19-18(9-12-5-2-1-3-6-12)20-17-11-13-10-16(17)15-8-4-7-14(13)15/h1-3,5-6,13-17H,4,7-11H2/t13-,14-,15+,16-,17-/m1/s1. The van der Waals surface area contributed by atoms with Gasteiger partial charge < -0.3 is 4.74 Å². The van der Waals surface area contributed by atoms with Gasteiger partial charge in [-0.15, -0.1) is 0 Å². The molecule has 20 heavy (non-hydrogen) atoms. The van der Waals surface area contributed by atoms with Crippen LogP contribution in [0.3, 0.4) is 0 Å². The highest BCUT2D eigenvalue weighted by molar-refractivity contribution is 5.72. The van der Waals surface area contributed by atoms with E-state index in [1.165, 1.54) is 25.7 Å². The van der Waals surface area contributed by atoms with Crippen molar-refractivity contribution >= 4 is 5.97 Å². The molecule has 5 atom stereocenters. The summed E-state index contributed by atoms with van der Waals surface area (Å²) in [6.45, 7) is 0. The molecule has 3 saturated carbocycles. The largest absolute Gasteiger partial charge is 0.462 e. The van der Waals surface area contributed by atoms with E-state index in [9.17, 15) is 4.79 Å². The van der Waals surface area contributed by atoms with Gasteiger partial charge in [-0.2, -0.15) is 0 Å².